The van der Waals surface area contributed by atoms with E-state index in [1.807, 2.05) is 100 Å². The molecule has 0 saturated carbocycles. The van der Waals surface area contributed by atoms with Crippen LogP contribution in [0.15, 0.2) is 83.8 Å². The molecule has 0 bridgehead atoms. The molecule has 0 aliphatic heterocycles. The zero-order valence-corrected chi connectivity index (χ0v) is 23.7. The summed E-state index contributed by atoms with van der Waals surface area (Å²) < 4.78 is 0. The zero-order chi connectivity index (χ0) is 26.8. The summed E-state index contributed by atoms with van der Waals surface area (Å²) >= 11 is 7.69. The van der Waals surface area contributed by atoms with E-state index in [-0.39, 0.29) is 11.8 Å². The maximum absolute atomic E-state index is 13.7. The predicted octanol–water partition coefficient (Wildman–Crippen LogP) is 7.08. The molecular formula is C31H37ClN2O2S. The number of hydrogen-bond donors (Lipinski definition) is 1. The van der Waals surface area contributed by atoms with Crippen LogP contribution >= 0.6 is 23.4 Å². The predicted molar refractivity (Wildman–Crippen MR) is 155 cm³/mol. The minimum atomic E-state index is -0.612. The smallest absolute Gasteiger partial charge is 0.243 e. The lowest BCUT2D eigenvalue weighted by Gasteiger charge is -2.34. The highest BCUT2D eigenvalue weighted by molar-refractivity contribution is 7.99. The Labute approximate surface area is 230 Å². The topological polar surface area (TPSA) is 49.4 Å². The molecule has 0 radical (unpaired) electrons. The molecule has 1 atom stereocenters. The van der Waals surface area contributed by atoms with E-state index in [1.165, 1.54) is 0 Å². The molecule has 3 aromatic carbocycles. The average Bonchev–Trinajstić information content (AvgIpc) is 2.84. The minimum Gasteiger partial charge on any atom is -0.350 e. The van der Waals surface area contributed by atoms with Crippen LogP contribution in [-0.2, 0) is 22.6 Å². The van der Waals surface area contributed by atoms with E-state index in [0.29, 0.717) is 24.4 Å². The molecule has 3 aromatic rings. The normalized spacial score (nSPS) is 12.1. The highest BCUT2D eigenvalue weighted by atomic mass is 35.5. The molecule has 3 rings (SSSR count). The summed E-state index contributed by atoms with van der Waals surface area (Å²) in [7, 11) is 0. The number of nitrogens with one attached hydrogen (secondary N) is 1. The second kappa shape index (κ2) is 13.7. The Bertz CT molecular complexity index is 1160. The first-order valence-electron chi connectivity index (χ1n) is 12.7. The molecule has 4 nitrogen and oxygen atoms in total. The maximum atomic E-state index is 13.7. The van der Waals surface area contributed by atoms with Crippen molar-refractivity contribution in [1.82, 2.24) is 10.2 Å². The summed E-state index contributed by atoms with van der Waals surface area (Å²) in [6.07, 6.45) is 1.55. The second-order valence-electron chi connectivity index (χ2n) is 10.4. The van der Waals surface area contributed by atoms with Crippen LogP contribution in [0.4, 0.5) is 0 Å². The molecule has 6 heteroatoms. The summed E-state index contributed by atoms with van der Waals surface area (Å²) in [4.78, 5) is 30.2. The molecule has 1 unspecified atom stereocenters. The van der Waals surface area contributed by atoms with Gasteiger partial charge in [0.1, 0.15) is 6.04 Å². The van der Waals surface area contributed by atoms with Gasteiger partial charge in [-0.1, -0.05) is 71.8 Å². The largest absolute Gasteiger partial charge is 0.350 e. The standard InChI is InChI=1S/C31H37ClN2O2S/c1-23-10-8-13-25(20-23)22-34(29(35)14-9-19-37-27-17-15-26(32)16-18-27)28(30(36)33-31(2,3)4)21-24-11-6-5-7-12-24/h5-8,10-13,15-18,20,28H,9,14,19,21-22H2,1-4H3,(H,33,36). The molecule has 37 heavy (non-hydrogen) atoms. The highest BCUT2D eigenvalue weighted by Gasteiger charge is 2.32. The average molecular weight is 537 g/mol. The Kier molecular flexibility index (Phi) is 10.7. The van der Waals surface area contributed by atoms with Crippen molar-refractivity contribution < 1.29 is 9.59 Å². The molecule has 0 saturated heterocycles. The van der Waals surface area contributed by atoms with Crippen LogP contribution in [0.25, 0.3) is 0 Å². The van der Waals surface area contributed by atoms with Gasteiger partial charge >= 0.3 is 0 Å². The van der Waals surface area contributed by atoms with Gasteiger partial charge in [0.05, 0.1) is 0 Å². The van der Waals surface area contributed by atoms with Gasteiger partial charge in [-0.15, -0.1) is 11.8 Å². The van der Waals surface area contributed by atoms with Crippen molar-refractivity contribution in [3.05, 3.63) is 101 Å². The van der Waals surface area contributed by atoms with Gasteiger partial charge in [-0.2, -0.15) is 0 Å². The van der Waals surface area contributed by atoms with E-state index < -0.39 is 11.6 Å². The first kappa shape index (κ1) is 28.8. The summed E-state index contributed by atoms with van der Waals surface area (Å²) in [5.74, 6) is 0.666. The van der Waals surface area contributed by atoms with Crippen LogP contribution in [0.5, 0.6) is 0 Å². The van der Waals surface area contributed by atoms with Gasteiger partial charge in [-0.05, 0) is 75.3 Å². The fraction of sp³-hybridized carbons (Fsp3) is 0.355. The molecule has 1 N–H and O–H groups in total. The van der Waals surface area contributed by atoms with Gasteiger partial charge in [0.15, 0.2) is 0 Å². The van der Waals surface area contributed by atoms with E-state index in [1.54, 1.807) is 16.7 Å². The third-order valence-electron chi connectivity index (χ3n) is 5.82. The van der Waals surface area contributed by atoms with Gasteiger partial charge in [0, 0.05) is 34.8 Å². The summed E-state index contributed by atoms with van der Waals surface area (Å²) in [5.41, 5.74) is 2.77. The Morgan fingerprint density at radius 3 is 2.27 bits per heavy atom. The first-order chi connectivity index (χ1) is 17.6. The number of rotatable bonds is 11. The van der Waals surface area contributed by atoms with Crippen molar-refractivity contribution in [3.8, 4) is 0 Å². The van der Waals surface area contributed by atoms with Gasteiger partial charge in [0.2, 0.25) is 11.8 Å². The van der Waals surface area contributed by atoms with Crippen molar-refractivity contribution in [2.75, 3.05) is 5.75 Å². The number of nitrogens with zero attached hydrogens (tertiary/aromatic N) is 1. The lowest BCUT2D eigenvalue weighted by atomic mass is 10.00. The Hall–Kier alpha value is -2.76. The molecule has 0 fully saturated rings. The van der Waals surface area contributed by atoms with Crippen LogP contribution in [-0.4, -0.2) is 34.0 Å². The van der Waals surface area contributed by atoms with E-state index in [4.69, 9.17) is 11.6 Å². The van der Waals surface area contributed by atoms with Crippen LogP contribution in [0.3, 0.4) is 0 Å². The number of hydrogen-bond acceptors (Lipinski definition) is 3. The molecule has 196 valence electrons. The Morgan fingerprint density at radius 2 is 1.62 bits per heavy atom. The number of aryl methyl sites for hydroxylation is 1. The number of benzene rings is 3. The maximum Gasteiger partial charge on any atom is 0.243 e. The molecular weight excluding hydrogens is 500 g/mol. The van der Waals surface area contributed by atoms with Crippen LogP contribution in [0.2, 0.25) is 5.02 Å². The Balaban J connectivity index is 1.81. The number of carbonyl (C=O) groups excluding carboxylic acids is 2. The van der Waals surface area contributed by atoms with Gasteiger partial charge in [-0.3, -0.25) is 9.59 Å². The van der Waals surface area contributed by atoms with Crippen LogP contribution < -0.4 is 5.32 Å². The van der Waals surface area contributed by atoms with Crippen molar-refractivity contribution in [1.29, 1.82) is 0 Å². The SMILES string of the molecule is Cc1cccc(CN(C(=O)CCCSc2ccc(Cl)cc2)C(Cc2ccccc2)C(=O)NC(C)(C)C)c1. The highest BCUT2D eigenvalue weighted by Crippen LogP contribution is 2.23. The quantitative estimate of drug-likeness (QED) is 0.210. The third kappa shape index (κ3) is 9.90. The summed E-state index contributed by atoms with van der Waals surface area (Å²) in [6.45, 7) is 8.32. The summed E-state index contributed by atoms with van der Waals surface area (Å²) in [6, 6.07) is 25.2. The third-order valence-corrected chi connectivity index (χ3v) is 7.17. The molecule has 0 spiro atoms. The zero-order valence-electron chi connectivity index (χ0n) is 22.2. The van der Waals surface area contributed by atoms with Crippen molar-refractivity contribution in [2.24, 2.45) is 0 Å². The molecule has 0 aromatic heterocycles. The van der Waals surface area contributed by atoms with Gasteiger partial charge < -0.3 is 10.2 Å². The van der Waals surface area contributed by atoms with Gasteiger partial charge in [0.25, 0.3) is 0 Å². The fourth-order valence-electron chi connectivity index (χ4n) is 4.10. The number of amides is 2. The van der Waals surface area contributed by atoms with Gasteiger partial charge in [-0.25, -0.2) is 0 Å². The summed E-state index contributed by atoms with van der Waals surface area (Å²) in [5, 5.41) is 3.83. The lowest BCUT2D eigenvalue weighted by Crippen LogP contribution is -2.54. The van der Waals surface area contributed by atoms with Crippen molar-refractivity contribution in [3.63, 3.8) is 0 Å². The first-order valence-corrected chi connectivity index (χ1v) is 14.1. The molecule has 0 aliphatic rings. The van der Waals surface area contributed by atoms with Crippen LogP contribution in [0, 0.1) is 6.92 Å². The number of carbonyl (C=O) groups is 2. The second-order valence-corrected chi connectivity index (χ2v) is 12.0. The number of halogens is 1. The monoisotopic (exact) mass is 536 g/mol. The minimum absolute atomic E-state index is 0.0109. The van der Waals surface area contributed by atoms with Crippen LogP contribution in [0.1, 0.15) is 50.3 Å². The van der Waals surface area contributed by atoms with E-state index >= 15 is 0 Å². The van der Waals surface area contributed by atoms with Crippen molar-refractivity contribution >= 4 is 35.2 Å². The van der Waals surface area contributed by atoms with Crippen molar-refractivity contribution in [2.45, 2.75) is 70.0 Å². The van der Waals surface area contributed by atoms with E-state index in [9.17, 15) is 9.59 Å². The lowest BCUT2D eigenvalue weighted by molar-refractivity contribution is -0.142. The Morgan fingerprint density at radius 1 is 0.946 bits per heavy atom. The molecule has 2 amide bonds. The molecule has 0 aliphatic carbocycles. The van der Waals surface area contributed by atoms with E-state index in [0.717, 1.165) is 33.8 Å². The van der Waals surface area contributed by atoms with E-state index in [2.05, 4.69) is 11.4 Å². The number of thioether (sulfide) groups is 1. The fourth-order valence-corrected chi connectivity index (χ4v) is 5.08. The molecule has 0 heterocycles.